The van der Waals surface area contributed by atoms with E-state index in [2.05, 4.69) is 11.9 Å². The third-order valence-electron chi connectivity index (χ3n) is 5.13. The molecule has 1 atom stereocenters. The van der Waals surface area contributed by atoms with Gasteiger partial charge >= 0.3 is 5.97 Å². The quantitative estimate of drug-likeness (QED) is 0.784. The predicted molar refractivity (Wildman–Crippen MR) is 88.5 cm³/mol. The van der Waals surface area contributed by atoms with Crippen LogP contribution in [0.5, 0.6) is 11.5 Å². The summed E-state index contributed by atoms with van der Waals surface area (Å²) in [6.45, 7) is 1.84. The molecule has 0 aromatic heterocycles. The Morgan fingerprint density at radius 3 is 2.38 bits per heavy atom. The first kappa shape index (κ1) is 17.0. The molecule has 2 aliphatic rings. The third kappa shape index (κ3) is 2.84. The minimum Gasteiger partial charge on any atom is -0.493 e. The fraction of sp³-hybridized carbons (Fsp3) is 0.611. The Morgan fingerprint density at radius 1 is 1.17 bits per heavy atom. The van der Waals surface area contributed by atoms with Gasteiger partial charge in [-0.2, -0.15) is 0 Å². The SMILES string of the molecule is COC(=O)[C@@H]1Cc2cc(OC)c(OC)cc2C2(CCN(C)CC2)O1. The van der Waals surface area contributed by atoms with Crippen LogP contribution in [0, 0.1) is 0 Å². The average Bonchev–Trinajstić information content (AvgIpc) is 2.62. The molecule has 2 heterocycles. The highest BCUT2D eigenvalue weighted by Crippen LogP contribution is 2.46. The molecule has 1 aromatic rings. The van der Waals surface area contributed by atoms with Crippen LogP contribution in [-0.4, -0.2) is 58.4 Å². The summed E-state index contributed by atoms with van der Waals surface area (Å²) < 4.78 is 22.1. The number of hydrogen-bond acceptors (Lipinski definition) is 6. The van der Waals surface area contributed by atoms with Crippen LogP contribution in [0.2, 0.25) is 0 Å². The van der Waals surface area contributed by atoms with Crippen LogP contribution in [0.25, 0.3) is 0 Å². The second kappa shape index (κ2) is 6.61. The van der Waals surface area contributed by atoms with Gasteiger partial charge in [-0.05, 0) is 43.1 Å². The molecule has 6 heteroatoms. The fourth-order valence-corrected chi connectivity index (χ4v) is 3.72. The molecule has 0 amide bonds. The Bertz CT molecular complexity index is 622. The van der Waals surface area contributed by atoms with Crippen molar-refractivity contribution in [3.63, 3.8) is 0 Å². The largest absolute Gasteiger partial charge is 0.493 e. The maximum absolute atomic E-state index is 12.1. The number of fused-ring (bicyclic) bond motifs is 2. The van der Waals surface area contributed by atoms with E-state index in [9.17, 15) is 4.79 Å². The number of esters is 1. The molecule has 0 radical (unpaired) electrons. The van der Waals surface area contributed by atoms with Crippen molar-refractivity contribution in [1.82, 2.24) is 4.90 Å². The predicted octanol–water partition coefficient (Wildman–Crippen LogP) is 1.74. The number of hydrogen-bond donors (Lipinski definition) is 0. The van der Waals surface area contributed by atoms with Gasteiger partial charge in [-0.25, -0.2) is 4.79 Å². The smallest absolute Gasteiger partial charge is 0.335 e. The number of carbonyl (C=O) groups is 1. The minimum absolute atomic E-state index is 0.325. The Hall–Kier alpha value is -1.79. The summed E-state index contributed by atoms with van der Waals surface area (Å²) in [5.74, 6) is 1.04. The molecular formula is C18H25NO5. The van der Waals surface area contributed by atoms with Gasteiger partial charge in [-0.15, -0.1) is 0 Å². The molecule has 1 aromatic carbocycles. The number of likely N-dealkylation sites (tertiary alicyclic amines) is 1. The van der Waals surface area contributed by atoms with Crippen LogP contribution in [0.15, 0.2) is 12.1 Å². The second-order valence-electron chi connectivity index (χ2n) is 6.50. The first-order valence-electron chi connectivity index (χ1n) is 8.22. The van der Waals surface area contributed by atoms with Crippen LogP contribution in [0.1, 0.15) is 24.0 Å². The Labute approximate surface area is 142 Å². The van der Waals surface area contributed by atoms with E-state index in [1.807, 2.05) is 12.1 Å². The highest BCUT2D eigenvalue weighted by Gasteiger charge is 2.46. The van der Waals surface area contributed by atoms with Gasteiger partial charge in [0.2, 0.25) is 0 Å². The molecular weight excluding hydrogens is 310 g/mol. The van der Waals surface area contributed by atoms with Crippen molar-refractivity contribution in [2.45, 2.75) is 31.0 Å². The van der Waals surface area contributed by atoms with Gasteiger partial charge in [0.05, 0.1) is 26.9 Å². The fourth-order valence-electron chi connectivity index (χ4n) is 3.72. The first-order valence-corrected chi connectivity index (χ1v) is 8.22. The van der Waals surface area contributed by atoms with E-state index in [0.717, 1.165) is 37.1 Å². The summed E-state index contributed by atoms with van der Waals surface area (Å²) in [6.07, 6.45) is 1.57. The standard InChI is InChI=1S/C18H25NO5/c1-19-7-5-18(6-8-19)13-11-15(22-3)14(21-2)9-12(13)10-16(24-18)17(20)23-4/h9,11,16H,5-8,10H2,1-4H3/t16-/m0/s1. The lowest BCUT2D eigenvalue weighted by Crippen LogP contribution is -2.50. The van der Waals surface area contributed by atoms with Crippen molar-refractivity contribution in [3.05, 3.63) is 23.3 Å². The van der Waals surface area contributed by atoms with Gasteiger partial charge in [0.15, 0.2) is 17.6 Å². The maximum Gasteiger partial charge on any atom is 0.335 e. The second-order valence-corrected chi connectivity index (χ2v) is 6.50. The van der Waals surface area contributed by atoms with Crippen LogP contribution < -0.4 is 9.47 Å². The molecule has 24 heavy (non-hydrogen) atoms. The summed E-state index contributed by atoms with van der Waals surface area (Å²) in [7, 11) is 6.75. The molecule has 0 N–H and O–H groups in total. The molecule has 6 nitrogen and oxygen atoms in total. The van der Waals surface area contributed by atoms with E-state index in [1.54, 1.807) is 14.2 Å². The molecule has 2 aliphatic heterocycles. The Kier molecular flexibility index (Phi) is 4.69. The molecule has 1 saturated heterocycles. The van der Waals surface area contributed by atoms with Crippen LogP contribution in [-0.2, 0) is 26.3 Å². The lowest BCUT2D eigenvalue weighted by atomic mass is 9.78. The molecule has 132 valence electrons. The third-order valence-corrected chi connectivity index (χ3v) is 5.13. The molecule has 0 saturated carbocycles. The normalized spacial score (nSPS) is 22.8. The highest BCUT2D eigenvalue weighted by atomic mass is 16.6. The first-order chi connectivity index (χ1) is 11.5. The topological polar surface area (TPSA) is 57.2 Å². The Balaban J connectivity index is 2.07. The van der Waals surface area contributed by atoms with Crippen molar-refractivity contribution in [1.29, 1.82) is 0 Å². The van der Waals surface area contributed by atoms with Crippen molar-refractivity contribution >= 4 is 5.97 Å². The van der Waals surface area contributed by atoms with Gasteiger partial charge in [0.25, 0.3) is 0 Å². The van der Waals surface area contributed by atoms with E-state index >= 15 is 0 Å². The minimum atomic E-state index is -0.580. The van der Waals surface area contributed by atoms with E-state index in [-0.39, 0.29) is 5.97 Å². The van der Waals surface area contributed by atoms with Crippen molar-refractivity contribution < 1.29 is 23.7 Å². The summed E-state index contributed by atoms with van der Waals surface area (Å²) in [5, 5.41) is 0. The zero-order valence-electron chi connectivity index (χ0n) is 14.8. The number of nitrogens with zero attached hydrogens (tertiary/aromatic N) is 1. The number of methoxy groups -OCH3 is 3. The lowest BCUT2D eigenvalue weighted by Gasteiger charge is -2.46. The summed E-state index contributed by atoms with van der Waals surface area (Å²) in [5.41, 5.74) is 1.70. The molecule has 1 fully saturated rings. The van der Waals surface area contributed by atoms with Gasteiger partial charge in [0, 0.05) is 19.5 Å². The van der Waals surface area contributed by atoms with Gasteiger partial charge < -0.3 is 23.8 Å². The molecule has 3 rings (SSSR count). The number of rotatable bonds is 3. The zero-order chi connectivity index (χ0) is 17.3. The maximum atomic E-state index is 12.1. The Morgan fingerprint density at radius 2 is 1.79 bits per heavy atom. The number of ether oxygens (including phenoxy) is 4. The van der Waals surface area contributed by atoms with Crippen molar-refractivity contribution in [3.8, 4) is 11.5 Å². The number of piperidine rings is 1. The van der Waals surface area contributed by atoms with Gasteiger partial charge in [-0.1, -0.05) is 0 Å². The summed E-state index contributed by atoms with van der Waals surface area (Å²) in [6, 6.07) is 3.97. The average molecular weight is 335 g/mol. The van der Waals surface area contributed by atoms with Crippen LogP contribution in [0.4, 0.5) is 0 Å². The highest BCUT2D eigenvalue weighted by molar-refractivity contribution is 5.75. The van der Waals surface area contributed by atoms with E-state index in [1.165, 1.54) is 7.11 Å². The summed E-state index contributed by atoms with van der Waals surface area (Å²) in [4.78, 5) is 14.4. The molecule has 0 unspecified atom stereocenters. The van der Waals surface area contributed by atoms with E-state index < -0.39 is 11.7 Å². The van der Waals surface area contributed by atoms with E-state index in [0.29, 0.717) is 17.9 Å². The van der Waals surface area contributed by atoms with Crippen molar-refractivity contribution in [2.75, 3.05) is 41.5 Å². The van der Waals surface area contributed by atoms with Gasteiger partial charge in [0.1, 0.15) is 0 Å². The van der Waals surface area contributed by atoms with Gasteiger partial charge in [-0.3, -0.25) is 0 Å². The molecule has 0 bridgehead atoms. The number of carbonyl (C=O) groups excluding carboxylic acids is 1. The van der Waals surface area contributed by atoms with Crippen LogP contribution in [0.3, 0.4) is 0 Å². The number of benzene rings is 1. The molecule has 0 aliphatic carbocycles. The van der Waals surface area contributed by atoms with E-state index in [4.69, 9.17) is 18.9 Å². The lowest BCUT2D eigenvalue weighted by molar-refractivity contribution is -0.180. The summed E-state index contributed by atoms with van der Waals surface area (Å²) >= 11 is 0. The zero-order valence-corrected chi connectivity index (χ0v) is 14.8. The monoisotopic (exact) mass is 335 g/mol. The van der Waals surface area contributed by atoms with Crippen LogP contribution >= 0.6 is 0 Å². The van der Waals surface area contributed by atoms with Crippen molar-refractivity contribution in [2.24, 2.45) is 0 Å². The molecule has 1 spiro atoms.